The van der Waals surface area contributed by atoms with Crippen molar-refractivity contribution in [2.75, 3.05) is 21.3 Å². The summed E-state index contributed by atoms with van der Waals surface area (Å²) < 4.78 is 16.4. The van der Waals surface area contributed by atoms with Crippen molar-refractivity contribution < 1.29 is 19.0 Å². The molecule has 0 aliphatic rings. The van der Waals surface area contributed by atoms with Gasteiger partial charge in [0.15, 0.2) is 11.5 Å². The lowest BCUT2D eigenvalue weighted by atomic mass is 10.1. The molecule has 2 aromatic rings. The van der Waals surface area contributed by atoms with Crippen LogP contribution in [0.2, 0.25) is 0 Å². The summed E-state index contributed by atoms with van der Waals surface area (Å²) in [4.78, 5) is 12.0. The van der Waals surface area contributed by atoms with Crippen LogP contribution in [0.15, 0.2) is 46.0 Å². The number of rotatable bonds is 7. The average molecular weight is 407 g/mol. The number of amides is 1. The molecule has 1 amide bonds. The van der Waals surface area contributed by atoms with Crippen molar-refractivity contribution in [1.82, 2.24) is 5.43 Å². The van der Waals surface area contributed by atoms with Crippen LogP contribution in [-0.2, 0) is 11.2 Å². The molecular formula is C18H19BrN2O4. The lowest BCUT2D eigenvalue weighted by Gasteiger charge is -2.09. The van der Waals surface area contributed by atoms with Gasteiger partial charge in [0, 0.05) is 0 Å². The summed E-state index contributed by atoms with van der Waals surface area (Å²) in [5.74, 6) is 1.71. The Labute approximate surface area is 154 Å². The summed E-state index contributed by atoms with van der Waals surface area (Å²) in [6.07, 6.45) is 1.75. The summed E-state index contributed by atoms with van der Waals surface area (Å²) in [5, 5.41) is 3.97. The first-order valence-corrected chi connectivity index (χ1v) is 8.23. The molecule has 0 aliphatic heterocycles. The molecule has 0 saturated heterocycles. The van der Waals surface area contributed by atoms with E-state index in [-0.39, 0.29) is 12.3 Å². The van der Waals surface area contributed by atoms with Gasteiger partial charge < -0.3 is 14.2 Å². The largest absolute Gasteiger partial charge is 0.496 e. The number of halogens is 1. The number of methoxy groups -OCH3 is 3. The molecule has 132 valence electrons. The number of nitrogens with one attached hydrogen (secondary N) is 1. The molecule has 1 N–H and O–H groups in total. The van der Waals surface area contributed by atoms with E-state index in [2.05, 4.69) is 26.5 Å². The Kier molecular flexibility index (Phi) is 6.82. The van der Waals surface area contributed by atoms with E-state index in [0.717, 1.165) is 21.3 Å². The van der Waals surface area contributed by atoms with E-state index in [4.69, 9.17) is 14.2 Å². The fraction of sp³-hybridized carbons (Fsp3) is 0.222. The Morgan fingerprint density at radius 2 is 1.72 bits per heavy atom. The Bertz CT molecular complexity index is 778. The molecule has 0 heterocycles. The molecule has 0 saturated carbocycles. The second-order valence-electron chi connectivity index (χ2n) is 5.05. The molecule has 0 unspecified atom stereocenters. The van der Waals surface area contributed by atoms with Crippen LogP contribution in [0.3, 0.4) is 0 Å². The van der Waals surface area contributed by atoms with E-state index in [1.54, 1.807) is 39.7 Å². The summed E-state index contributed by atoms with van der Waals surface area (Å²) in [5.41, 5.74) is 4.14. The summed E-state index contributed by atoms with van der Waals surface area (Å²) in [6, 6.07) is 10.8. The van der Waals surface area contributed by atoms with Crippen LogP contribution in [0.4, 0.5) is 0 Å². The van der Waals surface area contributed by atoms with Crippen LogP contribution in [0, 0.1) is 0 Å². The SMILES string of the molecule is COc1ccc(/C=N/NC(=O)Cc2ccc(OC)c(OC)c2)cc1Br. The van der Waals surface area contributed by atoms with E-state index >= 15 is 0 Å². The number of hydrazone groups is 1. The number of carbonyl (C=O) groups is 1. The minimum absolute atomic E-state index is 0.185. The van der Waals surface area contributed by atoms with E-state index in [9.17, 15) is 4.79 Å². The molecule has 7 heteroatoms. The monoisotopic (exact) mass is 406 g/mol. The molecule has 25 heavy (non-hydrogen) atoms. The van der Waals surface area contributed by atoms with Gasteiger partial charge in [-0.05, 0) is 57.4 Å². The van der Waals surface area contributed by atoms with Crippen LogP contribution in [0.1, 0.15) is 11.1 Å². The Morgan fingerprint density at radius 3 is 2.36 bits per heavy atom. The van der Waals surface area contributed by atoms with Crippen molar-refractivity contribution in [3.8, 4) is 17.2 Å². The van der Waals surface area contributed by atoms with Gasteiger partial charge in [-0.25, -0.2) is 5.43 Å². The number of carbonyl (C=O) groups excluding carboxylic acids is 1. The minimum atomic E-state index is -0.226. The molecule has 0 aromatic heterocycles. The normalized spacial score (nSPS) is 10.6. The van der Waals surface area contributed by atoms with Gasteiger partial charge in [-0.2, -0.15) is 5.10 Å². The highest BCUT2D eigenvalue weighted by Gasteiger charge is 2.08. The maximum absolute atomic E-state index is 12.0. The van der Waals surface area contributed by atoms with E-state index < -0.39 is 0 Å². The number of benzene rings is 2. The molecule has 2 rings (SSSR count). The molecule has 0 radical (unpaired) electrons. The third kappa shape index (κ3) is 5.22. The molecular weight excluding hydrogens is 388 g/mol. The Morgan fingerprint density at radius 1 is 1.04 bits per heavy atom. The third-order valence-electron chi connectivity index (χ3n) is 3.39. The molecule has 0 aliphatic carbocycles. The maximum atomic E-state index is 12.0. The molecule has 0 atom stereocenters. The fourth-order valence-electron chi connectivity index (χ4n) is 2.16. The van der Waals surface area contributed by atoms with Crippen molar-refractivity contribution in [2.24, 2.45) is 5.10 Å². The van der Waals surface area contributed by atoms with Gasteiger partial charge in [0.05, 0.1) is 38.4 Å². The second kappa shape index (κ2) is 9.08. The Hall–Kier alpha value is -2.54. The zero-order valence-electron chi connectivity index (χ0n) is 14.2. The van der Waals surface area contributed by atoms with Crippen LogP contribution in [-0.4, -0.2) is 33.5 Å². The van der Waals surface area contributed by atoms with Gasteiger partial charge in [-0.15, -0.1) is 0 Å². The topological polar surface area (TPSA) is 69.2 Å². The van der Waals surface area contributed by atoms with E-state index in [0.29, 0.717) is 11.5 Å². The predicted molar refractivity (Wildman–Crippen MR) is 99.7 cm³/mol. The van der Waals surface area contributed by atoms with Gasteiger partial charge in [-0.1, -0.05) is 6.07 Å². The zero-order valence-corrected chi connectivity index (χ0v) is 15.8. The highest BCUT2D eigenvalue weighted by atomic mass is 79.9. The van der Waals surface area contributed by atoms with E-state index in [1.165, 1.54) is 0 Å². The van der Waals surface area contributed by atoms with Crippen molar-refractivity contribution in [3.05, 3.63) is 52.0 Å². The first-order valence-electron chi connectivity index (χ1n) is 7.43. The molecule has 2 aromatic carbocycles. The number of nitrogens with zero attached hydrogens (tertiary/aromatic N) is 1. The molecule has 6 nitrogen and oxygen atoms in total. The molecule has 0 spiro atoms. The summed E-state index contributed by atoms with van der Waals surface area (Å²) in [7, 11) is 4.72. The van der Waals surface area contributed by atoms with Crippen molar-refractivity contribution in [3.63, 3.8) is 0 Å². The highest BCUT2D eigenvalue weighted by molar-refractivity contribution is 9.10. The summed E-state index contributed by atoms with van der Waals surface area (Å²) in [6.45, 7) is 0. The second-order valence-corrected chi connectivity index (χ2v) is 5.91. The average Bonchev–Trinajstić information content (AvgIpc) is 2.61. The van der Waals surface area contributed by atoms with Gasteiger partial charge >= 0.3 is 0 Å². The van der Waals surface area contributed by atoms with Gasteiger partial charge in [0.2, 0.25) is 5.91 Å². The third-order valence-corrected chi connectivity index (χ3v) is 4.01. The highest BCUT2D eigenvalue weighted by Crippen LogP contribution is 2.27. The van der Waals surface area contributed by atoms with Gasteiger partial charge in [0.1, 0.15) is 5.75 Å². The lowest BCUT2D eigenvalue weighted by Crippen LogP contribution is -2.19. The van der Waals surface area contributed by atoms with Gasteiger partial charge in [0.25, 0.3) is 0 Å². The maximum Gasteiger partial charge on any atom is 0.244 e. The predicted octanol–water partition coefficient (Wildman–Crippen LogP) is 3.17. The van der Waals surface area contributed by atoms with Crippen LogP contribution in [0.5, 0.6) is 17.2 Å². The van der Waals surface area contributed by atoms with E-state index in [1.807, 2.05) is 24.3 Å². The lowest BCUT2D eigenvalue weighted by molar-refractivity contribution is -0.120. The number of hydrogen-bond donors (Lipinski definition) is 1. The van der Waals surface area contributed by atoms with Crippen LogP contribution < -0.4 is 19.6 Å². The standard InChI is InChI=1S/C18H19BrN2O4/c1-23-15-6-5-13(8-14(15)19)11-20-21-18(22)10-12-4-7-16(24-2)17(9-12)25-3/h4-9,11H,10H2,1-3H3,(H,21,22)/b20-11+. The Balaban J connectivity index is 1.95. The number of ether oxygens (including phenoxy) is 3. The zero-order chi connectivity index (χ0) is 18.2. The summed E-state index contributed by atoms with van der Waals surface area (Å²) >= 11 is 3.40. The quantitative estimate of drug-likeness (QED) is 0.566. The first-order chi connectivity index (χ1) is 12.1. The van der Waals surface area contributed by atoms with Crippen LogP contribution in [0.25, 0.3) is 0 Å². The fourth-order valence-corrected chi connectivity index (χ4v) is 2.72. The number of hydrogen-bond acceptors (Lipinski definition) is 5. The van der Waals surface area contributed by atoms with Crippen molar-refractivity contribution in [2.45, 2.75) is 6.42 Å². The van der Waals surface area contributed by atoms with Crippen molar-refractivity contribution in [1.29, 1.82) is 0 Å². The van der Waals surface area contributed by atoms with Gasteiger partial charge in [-0.3, -0.25) is 4.79 Å². The van der Waals surface area contributed by atoms with Crippen LogP contribution >= 0.6 is 15.9 Å². The minimum Gasteiger partial charge on any atom is -0.496 e. The first kappa shape index (κ1) is 18.8. The molecule has 0 bridgehead atoms. The smallest absolute Gasteiger partial charge is 0.244 e. The molecule has 0 fully saturated rings. The van der Waals surface area contributed by atoms with Crippen molar-refractivity contribution >= 4 is 28.1 Å².